The van der Waals surface area contributed by atoms with Crippen LogP contribution in [0.5, 0.6) is 0 Å². The monoisotopic (exact) mass is 205 g/mol. The summed E-state index contributed by atoms with van der Waals surface area (Å²) in [4.78, 5) is 6.32. The lowest BCUT2D eigenvalue weighted by molar-refractivity contribution is -0.144. The molecule has 1 aromatic rings. The summed E-state index contributed by atoms with van der Waals surface area (Å²) >= 11 is 0. The third-order valence-electron chi connectivity index (χ3n) is 1.60. The molecule has 0 saturated heterocycles. The molecule has 1 radical (unpaired) electrons. The number of halogens is 3. The highest BCUT2D eigenvalue weighted by Gasteiger charge is 2.39. The van der Waals surface area contributed by atoms with Crippen molar-refractivity contribution in [1.82, 2.24) is 9.97 Å². The van der Waals surface area contributed by atoms with E-state index in [9.17, 15) is 18.3 Å². The molecule has 1 rings (SSSR count). The Kier molecular flexibility index (Phi) is 2.49. The van der Waals surface area contributed by atoms with Gasteiger partial charge in [-0.15, -0.1) is 0 Å². The molecule has 0 aliphatic rings. The first kappa shape index (κ1) is 10.9. The minimum Gasteiger partial charge on any atom is -0.386 e. The molecule has 14 heavy (non-hydrogen) atoms. The zero-order valence-electron chi connectivity index (χ0n) is 7.55. The SMILES string of the molecule is CC(C)(O)c1cn[c]nc1C(F)(F)F. The maximum absolute atomic E-state index is 12.4. The van der Waals surface area contributed by atoms with Crippen molar-refractivity contribution in [2.45, 2.75) is 25.6 Å². The molecule has 6 heteroatoms. The lowest BCUT2D eigenvalue weighted by Gasteiger charge is -2.20. The first-order chi connectivity index (χ1) is 6.23. The van der Waals surface area contributed by atoms with Crippen molar-refractivity contribution in [2.24, 2.45) is 0 Å². The minimum atomic E-state index is -4.60. The Bertz CT molecular complexity index is 297. The molecule has 1 heterocycles. The lowest BCUT2D eigenvalue weighted by atomic mass is 9.98. The molecule has 0 spiro atoms. The molecule has 1 aromatic heterocycles. The Hall–Kier alpha value is -1.17. The normalized spacial score (nSPS) is 13.0. The van der Waals surface area contributed by atoms with Crippen molar-refractivity contribution in [3.63, 3.8) is 0 Å². The quantitative estimate of drug-likeness (QED) is 0.756. The Morgan fingerprint density at radius 3 is 2.29 bits per heavy atom. The standard InChI is InChI=1S/C8H8F3N2O/c1-7(2,14)5-3-12-4-13-6(5)8(9,10)11/h3,14H,1-2H3. The highest BCUT2D eigenvalue weighted by atomic mass is 19.4. The van der Waals surface area contributed by atoms with Crippen LogP contribution in [0, 0.1) is 6.33 Å². The second-order valence-corrected chi connectivity index (χ2v) is 3.29. The van der Waals surface area contributed by atoms with Gasteiger partial charge in [0.2, 0.25) is 0 Å². The second-order valence-electron chi connectivity index (χ2n) is 3.29. The van der Waals surface area contributed by atoms with E-state index in [0.29, 0.717) is 0 Å². The van der Waals surface area contributed by atoms with Crippen LogP contribution in [0.25, 0.3) is 0 Å². The van der Waals surface area contributed by atoms with Crippen LogP contribution in [0.3, 0.4) is 0 Å². The molecule has 0 saturated carbocycles. The van der Waals surface area contributed by atoms with Crippen molar-refractivity contribution in [1.29, 1.82) is 0 Å². The van der Waals surface area contributed by atoms with E-state index in [2.05, 4.69) is 9.97 Å². The third-order valence-corrected chi connectivity index (χ3v) is 1.60. The fourth-order valence-electron chi connectivity index (χ4n) is 0.957. The largest absolute Gasteiger partial charge is 0.433 e. The van der Waals surface area contributed by atoms with E-state index in [-0.39, 0.29) is 5.56 Å². The molecule has 0 atom stereocenters. The van der Waals surface area contributed by atoms with Gasteiger partial charge in [-0.3, -0.25) is 0 Å². The Labute approximate surface area is 78.6 Å². The summed E-state index contributed by atoms with van der Waals surface area (Å²) in [5.41, 5.74) is -3.14. The van der Waals surface area contributed by atoms with Gasteiger partial charge >= 0.3 is 6.18 Å². The van der Waals surface area contributed by atoms with E-state index >= 15 is 0 Å². The molecule has 0 amide bonds. The summed E-state index contributed by atoms with van der Waals surface area (Å²) in [5.74, 6) is 0. The number of hydrogen-bond acceptors (Lipinski definition) is 3. The van der Waals surface area contributed by atoms with Gasteiger partial charge in [0.1, 0.15) is 0 Å². The van der Waals surface area contributed by atoms with E-state index in [1.165, 1.54) is 13.8 Å². The van der Waals surface area contributed by atoms with Gasteiger partial charge in [0.15, 0.2) is 12.0 Å². The maximum atomic E-state index is 12.4. The first-order valence-electron chi connectivity index (χ1n) is 3.76. The lowest BCUT2D eigenvalue weighted by Crippen LogP contribution is -2.23. The zero-order valence-corrected chi connectivity index (χ0v) is 7.55. The summed E-state index contributed by atoms with van der Waals surface area (Å²) < 4.78 is 37.1. The molecule has 0 aromatic carbocycles. The maximum Gasteiger partial charge on any atom is 0.433 e. The topological polar surface area (TPSA) is 46.0 Å². The Morgan fingerprint density at radius 2 is 1.93 bits per heavy atom. The highest BCUT2D eigenvalue weighted by molar-refractivity contribution is 5.24. The molecule has 1 N–H and O–H groups in total. The number of aromatic nitrogens is 2. The molecule has 77 valence electrons. The average Bonchev–Trinajstić information content (AvgIpc) is 2.01. The zero-order chi connectivity index (χ0) is 11.0. The third kappa shape index (κ3) is 2.20. The van der Waals surface area contributed by atoms with Gasteiger partial charge in [-0.2, -0.15) is 13.2 Å². The number of nitrogens with zero attached hydrogens (tertiary/aromatic N) is 2. The van der Waals surface area contributed by atoms with Crippen LogP contribution in [-0.2, 0) is 11.8 Å². The number of aliphatic hydroxyl groups is 1. The van der Waals surface area contributed by atoms with E-state index in [4.69, 9.17) is 0 Å². The molecule has 3 nitrogen and oxygen atoms in total. The predicted molar refractivity (Wildman–Crippen MR) is 41.1 cm³/mol. The van der Waals surface area contributed by atoms with Gasteiger partial charge in [-0.1, -0.05) is 0 Å². The summed E-state index contributed by atoms with van der Waals surface area (Å²) in [6, 6.07) is 0. The molecule has 0 bridgehead atoms. The van der Waals surface area contributed by atoms with Crippen LogP contribution in [0.1, 0.15) is 25.1 Å². The number of alkyl halides is 3. The Balaban J connectivity index is 3.31. The summed E-state index contributed by atoms with van der Waals surface area (Å²) in [6.45, 7) is 2.47. The van der Waals surface area contributed by atoms with E-state index < -0.39 is 17.5 Å². The van der Waals surface area contributed by atoms with Gasteiger partial charge < -0.3 is 5.11 Å². The van der Waals surface area contributed by atoms with Crippen molar-refractivity contribution < 1.29 is 18.3 Å². The van der Waals surface area contributed by atoms with E-state index in [0.717, 1.165) is 6.20 Å². The smallest absolute Gasteiger partial charge is 0.386 e. The molecular formula is C8H8F3N2O. The summed E-state index contributed by atoms with van der Waals surface area (Å²) in [7, 11) is 0. The summed E-state index contributed by atoms with van der Waals surface area (Å²) in [5, 5.41) is 9.44. The van der Waals surface area contributed by atoms with E-state index in [1.54, 1.807) is 0 Å². The van der Waals surface area contributed by atoms with Gasteiger partial charge in [0, 0.05) is 11.8 Å². The number of rotatable bonds is 1. The van der Waals surface area contributed by atoms with Crippen molar-refractivity contribution in [3.05, 3.63) is 23.8 Å². The fraction of sp³-hybridized carbons (Fsp3) is 0.500. The molecular weight excluding hydrogens is 197 g/mol. The van der Waals surface area contributed by atoms with Crippen LogP contribution < -0.4 is 0 Å². The highest BCUT2D eigenvalue weighted by Crippen LogP contribution is 2.34. The van der Waals surface area contributed by atoms with Gasteiger partial charge in [0.25, 0.3) is 0 Å². The first-order valence-corrected chi connectivity index (χ1v) is 3.76. The van der Waals surface area contributed by atoms with Crippen LogP contribution in [-0.4, -0.2) is 15.1 Å². The Morgan fingerprint density at radius 1 is 1.36 bits per heavy atom. The van der Waals surface area contributed by atoms with E-state index in [1.807, 2.05) is 6.33 Å². The molecule has 0 fully saturated rings. The minimum absolute atomic E-state index is 0.358. The molecule has 0 unspecified atom stereocenters. The van der Waals surface area contributed by atoms with Crippen molar-refractivity contribution in [3.8, 4) is 0 Å². The van der Waals surface area contributed by atoms with Crippen LogP contribution >= 0.6 is 0 Å². The van der Waals surface area contributed by atoms with Crippen molar-refractivity contribution in [2.75, 3.05) is 0 Å². The fourth-order valence-corrected chi connectivity index (χ4v) is 0.957. The van der Waals surface area contributed by atoms with Gasteiger partial charge in [-0.25, -0.2) is 9.97 Å². The van der Waals surface area contributed by atoms with Gasteiger partial charge in [0.05, 0.1) is 5.60 Å². The van der Waals surface area contributed by atoms with Crippen LogP contribution in [0.4, 0.5) is 13.2 Å². The van der Waals surface area contributed by atoms with Gasteiger partial charge in [-0.05, 0) is 13.8 Å². The van der Waals surface area contributed by atoms with Crippen LogP contribution in [0.15, 0.2) is 6.20 Å². The predicted octanol–water partition coefficient (Wildman–Crippen LogP) is 1.52. The van der Waals surface area contributed by atoms with Crippen LogP contribution in [0.2, 0.25) is 0 Å². The second kappa shape index (κ2) is 3.20. The van der Waals surface area contributed by atoms with Crippen molar-refractivity contribution >= 4 is 0 Å². The average molecular weight is 205 g/mol. The molecule has 0 aliphatic heterocycles. The summed E-state index contributed by atoms with van der Waals surface area (Å²) in [6.07, 6.45) is -1.84. The molecule has 0 aliphatic carbocycles. The number of hydrogen-bond donors (Lipinski definition) is 1.